The SMILES string of the molecule is CCN1CCN(c2ccccc2NC(=O)NCCCN(C)c2ccccc2)CC1. The fourth-order valence-corrected chi connectivity index (χ4v) is 3.66. The van der Waals surface area contributed by atoms with Gasteiger partial charge in [-0.05, 0) is 37.2 Å². The van der Waals surface area contributed by atoms with E-state index in [4.69, 9.17) is 0 Å². The molecule has 0 unspecified atom stereocenters. The van der Waals surface area contributed by atoms with Crippen molar-refractivity contribution in [3.05, 3.63) is 54.6 Å². The second-order valence-corrected chi connectivity index (χ2v) is 7.43. The van der Waals surface area contributed by atoms with E-state index in [0.29, 0.717) is 6.54 Å². The highest BCUT2D eigenvalue weighted by Gasteiger charge is 2.18. The van der Waals surface area contributed by atoms with Crippen LogP contribution in [0.15, 0.2) is 54.6 Å². The molecule has 2 aromatic rings. The van der Waals surface area contributed by atoms with Crippen LogP contribution in [-0.2, 0) is 0 Å². The monoisotopic (exact) mass is 395 g/mol. The zero-order chi connectivity index (χ0) is 20.5. The summed E-state index contributed by atoms with van der Waals surface area (Å²) in [5.74, 6) is 0. The minimum absolute atomic E-state index is 0.146. The third kappa shape index (κ3) is 6.12. The van der Waals surface area contributed by atoms with E-state index in [1.165, 1.54) is 5.69 Å². The molecular weight excluding hydrogens is 362 g/mol. The van der Waals surface area contributed by atoms with Gasteiger partial charge in [-0.3, -0.25) is 0 Å². The Kier molecular flexibility index (Phi) is 7.76. The van der Waals surface area contributed by atoms with Gasteiger partial charge < -0.3 is 25.3 Å². The minimum atomic E-state index is -0.146. The van der Waals surface area contributed by atoms with Crippen molar-refractivity contribution in [2.24, 2.45) is 0 Å². The quantitative estimate of drug-likeness (QED) is 0.672. The van der Waals surface area contributed by atoms with Crippen LogP contribution >= 0.6 is 0 Å². The molecule has 0 saturated carbocycles. The number of carbonyl (C=O) groups is 1. The number of amides is 2. The van der Waals surface area contributed by atoms with E-state index in [1.54, 1.807) is 0 Å². The number of hydrogen-bond acceptors (Lipinski definition) is 4. The van der Waals surface area contributed by atoms with E-state index < -0.39 is 0 Å². The topological polar surface area (TPSA) is 50.9 Å². The first-order valence-corrected chi connectivity index (χ1v) is 10.5. The number of urea groups is 1. The Hall–Kier alpha value is -2.73. The summed E-state index contributed by atoms with van der Waals surface area (Å²) in [6, 6.07) is 18.2. The second-order valence-electron chi connectivity index (χ2n) is 7.43. The van der Waals surface area contributed by atoms with Crippen LogP contribution in [0, 0.1) is 0 Å². The van der Waals surface area contributed by atoms with Crippen LogP contribution in [0.5, 0.6) is 0 Å². The van der Waals surface area contributed by atoms with Crippen molar-refractivity contribution in [2.75, 3.05) is 68.0 Å². The lowest BCUT2D eigenvalue weighted by molar-refractivity contribution is 0.252. The van der Waals surface area contributed by atoms with Gasteiger partial charge in [-0.15, -0.1) is 0 Å². The van der Waals surface area contributed by atoms with Crippen LogP contribution in [-0.4, -0.2) is 63.8 Å². The minimum Gasteiger partial charge on any atom is -0.375 e. The number of hydrogen-bond donors (Lipinski definition) is 2. The van der Waals surface area contributed by atoms with Crippen LogP contribution in [0.4, 0.5) is 21.9 Å². The first-order valence-electron chi connectivity index (χ1n) is 10.5. The van der Waals surface area contributed by atoms with Gasteiger partial charge in [0.1, 0.15) is 0 Å². The number of rotatable bonds is 8. The van der Waals surface area contributed by atoms with E-state index in [2.05, 4.69) is 57.5 Å². The number of likely N-dealkylation sites (N-methyl/N-ethyl adjacent to an activating group) is 1. The molecule has 1 heterocycles. The van der Waals surface area contributed by atoms with Gasteiger partial charge in [-0.1, -0.05) is 37.3 Å². The molecule has 1 aliphatic rings. The Morgan fingerprint density at radius 3 is 2.41 bits per heavy atom. The van der Waals surface area contributed by atoms with E-state index in [-0.39, 0.29) is 6.03 Å². The number of anilines is 3. The van der Waals surface area contributed by atoms with E-state index in [1.807, 2.05) is 36.4 Å². The maximum absolute atomic E-state index is 12.4. The molecule has 6 heteroatoms. The van der Waals surface area contributed by atoms with Gasteiger partial charge in [0.15, 0.2) is 0 Å². The standard InChI is InChI=1S/C23H33N5O/c1-3-27-16-18-28(19-17-27)22-13-8-7-12-21(22)25-23(29)24-14-9-15-26(2)20-10-5-4-6-11-20/h4-8,10-13H,3,9,14-19H2,1-2H3,(H2,24,25,29). The van der Waals surface area contributed by atoms with E-state index in [0.717, 1.165) is 57.1 Å². The highest BCUT2D eigenvalue weighted by Crippen LogP contribution is 2.26. The second kappa shape index (κ2) is 10.7. The molecule has 0 atom stereocenters. The molecular formula is C23H33N5O. The Morgan fingerprint density at radius 2 is 1.69 bits per heavy atom. The molecule has 0 spiro atoms. The molecule has 2 N–H and O–H groups in total. The Morgan fingerprint density at radius 1 is 1.00 bits per heavy atom. The van der Waals surface area contributed by atoms with E-state index >= 15 is 0 Å². The molecule has 0 aliphatic carbocycles. The summed E-state index contributed by atoms with van der Waals surface area (Å²) in [5, 5.41) is 6.01. The van der Waals surface area contributed by atoms with Crippen molar-refractivity contribution >= 4 is 23.1 Å². The van der Waals surface area contributed by atoms with Crippen LogP contribution in [0.3, 0.4) is 0 Å². The summed E-state index contributed by atoms with van der Waals surface area (Å²) in [5.41, 5.74) is 3.16. The lowest BCUT2D eigenvalue weighted by Gasteiger charge is -2.36. The predicted octanol–water partition coefficient (Wildman–Crippen LogP) is 3.48. The van der Waals surface area contributed by atoms with Crippen LogP contribution in [0.25, 0.3) is 0 Å². The number of nitrogens with one attached hydrogen (secondary N) is 2. The zero-order valence-electron chi connectivity index (χ0n) is 17.6. The average Bonchev–Trinajstić information content (AvgIpc) is 2.77. The summed E-state index contributed by atoms with van der Waals surface area (Å²) in [7, 11) is 2.07. The molecule has 1 aliphatic heterocycles. The van der Waals surface area contributed by atoms with Gasteiger partial charge in [0.25, 0.3) is 0 Å². The molecule has 29 heavy (non-hydrogen) atoms. The fourth-order valence-electron chi connectivity index (χ4n) is 3.66. The number of nitrogens with zero attached hydrogens (tertiary/aromatic N) is 3. The lowest BCUT2D eigenvalue weighted by Crippen LogP contribution is -2.46. The van der Waals surface area contributed by atoms with Crippen molar-refractivity contribution in [1.29, 1.82) is 0 Å². The summed E-state index contributed by atoms with van der Waals surface area (Å²) >= 11 is 0. The van der Waals surface area contributed by atoms with Crippen molar-refractivity contribution < 1.29 is 4.79 Å². The van der Waals surface area contributed by atoms with Crippen molar-refractivity contribution in [2.45, 2.75) is 13.3 Å². The Bertz CT molecular complexity index is 759. The molecule has 1 fully saturated rings. The van der Waals surface area contributed by atoms with E-state index in [9.17, 15) is 4.79 Å². The highest BCUT2D eigenvalue weighted by atomic mass is 16.2. The largest absolute Gasteiger partial charge is 0.375 e. The molecule has 1 saturated heterocycles. The normalized spacial score (nSPS) is 14.5. The summed E-state index contributed by atoms with van der Waals surface area (Å²) in [6.45, 7) is 8.92. The van der Waals surface area contributed by atoms with Gasteiger partial charge in [0.2, 0.25) is 0 Å². The molecule has 2 aromatic carbocycles. The lowest BCUT2D eigenvalue weighted by atomic mass is 10.2. The van der Waals surface area contributed by atoms with Crippen molar-refractivity contribution in [1.82, 2.24) is 10.2 Å². The molecule has 6 nitrogen and oxygen atoms in total. The maximum atomic E-state index is 12.4. The molecule has 3 rings (SSSR count). The van der Waals surface area contributed by atoms with Gasteiger partial charge in [-0.2, -0.15) is 0 Å². The number of para-hydroxylation sites is 3. The number of carbonyl (C=O) groups excluding carboxylic acids is 1. The fraction of sp³-hybridized carbons (Fsp3) is 0.435. The Labute approximate surface area is 174 Å². The molecule has 156 valence electrons. The Balaban J connectivity index is 1.45. The average molecular weight is 396 g/mol. The first kappa shape index (κ1) is 21.0. The summed E-state index contributed by atoms with van der Waals surface area (Å²) < 4.78 is 0. The number of piperazine rings is 1. The van der Waals surface area contributed by atoms with Crippen LogP contribution < -0.4 is 20.4 Å². The van der Waals surface area contributed by atoms with Gasteiger partial charge in [0, 0.05) is 52.0 Å². The predicted molar refractivity (Wildman–Crippen MR) is 122 cm³/mol. The third-order valence-electron chi connectivity index (χ3n) is 5.47. The number of benzene rings is 2. The van der Waals surface area contributed by atoms with Crippen LogP contribution in [0.2, 0.25) is 0 Å². The molecule has 0 radical (unpaired) electrons. The van der Waals surface area contributed by atoms with Gasteiger partial charge in [-0.25, -0.2) is 4.79 Å². The smallest absolute Gasteiger partial charge is 0.319 e. The molecule has 2 amide bonds. The molecule has 0 bridgehead atoms. The maximum Gasteiger partial charge on any atom is 0.319 e. The van der Waals surface area contributed by atoms with Crippen molar-refractivity contribution in [3.63, 3.8) is 0 Å². The van der Waals surface area contributed by atoms with Gasteiger partial charge >= 0.3 is 6.03 Å². The highest BCUT2D eigenvalue weighted by molar-refractivity contribution is 5.93. The van der Waals surface area contributed by atoms with Crippen molar-refractivity contribution in [3.8, 4) is 0 Å². The summed E-state index contributed by atoms with van der Waals surface area (Å²) in [6.07, 6.45) is 0.888. The molecule has 0 aromatic heterocycles. The van der Waals surface area contributed by atoms with Crippen LogP contribution in [0.1, 0.15) is 13.3 Å². The van der Waals surface area contributed by atoms with Gasteiger partial charge in [0.05, 0.1) is 11.4 Å². The first-order chi connectivity index (χ1) is 14.2. The third-order valence-corrected chi connectivity index (χ3v) is 5.47. The summed E-state index contributed by atoms with van der Waals surface area (Å²) in [4.78, 5) is 19.4. The zero-order valence-corrected chi connectivity index (χ0v) is 17.6.